The predicted molar refractivity (Wildman–Crippen MR) is 72.6 cm³/mol. The average Bonchev–Trinajstić information content (AvgIpc) is 2.41. The summed E-state index contributed by atoms with van der Waals surface area (Å²) in [6, 6.07) is 7.22. The fourth-order valence-corrected chi connectivity index (χ4v) is 1.96. The van der Waals surface area contributed by atoms with Gasteiger partial charge in [-0.2, -0.15) is 5.26 Å². The SMILES string of the molecule is Cc1ccc(C#N)cc1Oc1ncnc(Cl)c1CCl. The molecule has 1 heterocycles. The van der Waals surface area contributed by atoms with E-state index in [-0.39, 0.29) is 11.0 Å². The van der Waals surface area contributed by atoms with E-state index < -0.39 is 0 Å². The molecule has 0 radical (unpaired) electrons. The number of aromatic nitrogens is 2. The van der Waals surface area contributed by atoms with Crippen LogP contribution >= 0.6 is 23.2 Å². The second-order valence-electron chi connectivity index (χ2n) is 3.78. The number of benzene rings is 1. The van der Waals surface area contributed by atoms with Gasteiger partial charge in [0.15, 0.2) is 0 Å². The molecule has 0 amide bonds. The van der Waals surface area contributed by atoms with Crippen molar-refractivity contribution in [2.24, 2.45) is 0 Å². The normalized spacial score (nSPS) is 10.0. The Kier molecular flexibility index (Phi) is 4.20. The zero-order valence-electron chi connectivity index (χ0n) is 10.0. The lowest BCUT2D eigenvalue weighted by Crippen LogP contribution is -1.97. The molecule has 1 aromatic carbocycles. The molecule has 1 aromatic heterocycles. The number of halogens is 2. The molecule has 0 spiro atoms. The van der Waals surface area contributed by atoms with E-state index in [0.717, 1.165) is 5.56 Å². The maximum Gasteiger partial charge on any atom is 0.228 e. The van der Waals surface area contributed by atoms with Gasteiger partial charge in [0.1, 0.15) is 17.2 Å². The summed E-state index contributed by atoms with van der Waals surface area (Å²) in [5.41, 5.74) is 1.91. The number of nitriles is 1. The molecule has 6 heteroatoms. The van der Waals surface area contributed by atoms with Gasteiger partial charge in [-0.15, -0.1) is 11.6 Å². The van der Waals surface area contributed by atoms with Gasteiger partial charge >= 0.3 is 0 Å². The van der Waals surface area contributed by atoms with Gasteiger partial charge in [-0.3, -0.25) is 0 Å². The van der Waals surface area contributed by atoms with Crippen molar-refractivity contribution in [1.29, 1.82) is 5.26 Å². The molecule has 0 aliphatic carbocycles. The van der Waals surface area contributed by atoms with Crippen molar-refractivity contribution < 1.29 is 4.74 Å². The predicted octanol–water partition coefficient (Wildman–Crippen LogP) is 3.84. The van der Waals surface area contributed by atoms with Gasteiger partial charge < -0.3 is 4.74 Å². The highest BCUT2D eigenvalue weighted by molar-refractivity contribution is 6.31. The molecular weight excluding hydrogens is 285 g/mol. The molecule has 0 aliphatic heterocycles. The number of hydrogen-bond acceptors (Lipinski definition) is 4. The second-order valence-corrected chi connectivity index (χ2v) is 4.40. The number of rotatable bonds is 3. The zero-order valence-corrected chi connectivity index (χ0v) is 11.5. The van der Waals surface area contributed by atoms with Crippen LogP contribution in [0.25, 0.3) is 0 Å². The van der Waals surface area contributed by atoms with E-state index in [4.69, 9.17) is 33.2 Å². The molecule has 0 fully saturated rings. The van der Waals surface area contributed by atoms with E-state index in [9.17, 15) is 0 Å². The molecule has 0 saturated carbocycles. The smallest absolute Gasteiger partial charge is 0.228 e. The van der Waals surface area contributed by atoms with Crippen LogP contribution in [0.15, 0.2) is 24.5 Å². The second kappa shape index (κ2) is 5.87. The van der Waals surface area contributed by atoms with Crippen molar-refractivity contribution in [3.05, 3.63) is 46.4 Å². The van der Waals surface area contributed by atoms with E-state index >= 15 is 0 Å². The molecule has 0 N–H and O–H groups in total. The molecule has 0 aliphatic rings. The Morgan fingerprint density at radius 3 is 2.84 bits per heavy atom. The Labute approximate surface area is 120 Å². The minimum atomic E-state index is 0.145. The number of aryl methyl sites for hydroxylation is 1. The molecule has 4 nitrogen and oxygen atoms in total. The van der Waals surface area contributed by atoms with Crippen molar-refractivity contribution in [1.82, 2.24) is 9.97 Å². The van der Waals surface area contributed by atoms with Crippen molar-refractivity contribution in [2.45, 2.75) is 12.8 Å². The Balaban J connectivity index is 2.42. The van der Waals surface area contributed by atoms with E-state index in [2.05, 4.69) is 16.0 Å². The maximum absolute atomic E-state index is 8.89. The van der Waals surface area contributed by atoms with Crippen LogP contribution < -0.4 is 4.74 Å². The molecule has 0 saturated heterocycles. The summed E-state index contributed by atoms with van der Waals surface area (Å²) in [5, 5.41) is 9.15. The van der Waals surface area contributed by atoms with E-state index in [0.29, 0.717) is 22.8 Å². The lowest BCUT2D eigenvalue weighted by molar-refractivity contribution is 0.453. The van der Waals surface area contributed by atoms with Crippen molar-refractivity contribution in [3.63, 3.8) is 0 Å². The highest BCUT2D eigenvalue weighted by Crippen LogP contribution is 2.30. The van der Waals surface area contributed by atoms with Crippen molar-refractivity contribution in [3.8, 4) is 17.7 Å². The van der Waals surface area contributed by atoms with Gasteiger partial charge in [0.25, 0.3) is 0 Å². The highest BCUT2D eigenvalue weighted by atomic mass is 35.5. The third-order valence-corrected chi connectivity index (χ3v) is 3.10. The summed E-state index contributed by atoms with van der Waals surface area (Å²) in [4.78, 5) is 7.86. The Morgan fingerprint density at radius 2 is 2.16 bits per heavy atom. The quantitative estimate of drug-likeness (QED) is 0.637. The maximum atomic E-state index is 8.89. The Morgan fingerprint density at radius 1 is 1.37 bits per heavy atom. The zero-order chi connectivity index (χ0) is 13.8. The number of alkyl halides is 1. The first-order valence-corrected chi connectivity index (χ1v) is 6.31. The molecule has 2 aromatic rings. The molecule has 0 atom stereocenters. The molecule has 0 unspecified atom stereocenters. The lowest BCUT2D eigenvalue weighted by Gasteiger charge is -2.11. The summed E-state index contributed by atoms with van der Waals surface area (Å²) in [6.07, 6.45) is 1.30. The summed E-state index contributed by atoms with van der Waals surface area (Å²) >= 11 is 11.7. The van der Waals surface area contributed by atoms with E-state index in [1.54, 1.807) is 18.2 Å². The first kappa shape index (κ1) is 13.6. The summed E-state index contributed by atoms with van der Waals surface area (Å²) < 4.78 is 5.68. The third-order valence-electron chi connectivity index (χ3n) is 2.51. The minimum absolute atomic E-state index is 0.145. The van der Waals surface area contributed by atoms with Gasteiger partial charge in [-0.1, -0.05) is 17.7 Å². The number of nitrogens with zero attached hydrogens (tertiary/aromatic N) is 3. The van der Waals surface area contributed by atoms with E-state index in [1.165, 1.54) is 6.33 Å². The fourth-order valence-electron chi connectivity index (χ4n) is 1.46. The van der Waals surface area contributed by atoms with Gasteiger partial charge in [-0.25, -0.2) is 9.97 Å². The van der Waals surface area contributed by atoms with Crippen LogP contribution in [0.1, 0.15) is 16.7 Å². The van der Waals surface area contributed by atoms with Gasteiger partial charge in [0.2, 0.25) is 5.88 Å². The molecule has 0 bridgehead atoms. The van der Waals surface area contributed by atoms with Crippen LogP contribution in [0.2, 0.25) is 5.15 Å². The molecular formula is C13H9Cl2N3O. The standard InChI is InChI=1S/C13H9Cl2N3O/c1-8-2-3-9(6-16)4-11(8)19-13-10(5-14)12(15)17-7-18-13/h2-4,7H,5H2,1H3. The largest absolute Gasteiger partial charge is 0.438 e. The van der Waals surface area contributed by atoms with Crippen molar-refractivity contribution in [2.75, 3.05) is 0 Å². The average molecular weight is 294 g/mol. The number of hydrogen-bond donors (Lipinski definition) is 0. The molecule has 2 rings (SSSR count). The van der Waals surface area contributed by atoms with Gasteiger partial charge in [-0.05, 0) is 24.6 Å². The Bertz CT molecular complexity index is 653. The molecule has 19 heavy (non-hydrogen) atoms. The van der Waals surface area contributed by atoms with E-state index in [1.807, 2.05) is 6.92 Å². The van der Waals surface area contributed by atoms with Crippen LogP contribution in [0, 0.1) is 18.3 Å². The van der Waals surface area contributed by atoms with Crippen LogP contribution in [0.3, 0.4) is 0 Å². The third kappa shape index (κ3) is 2.95. The van der Waals surface area contributed by atoms with Crippen LogP contribution in [-0.2, 0) is 5.88 Å². The summed E-state index contributed by atoms with van der Waals surface area (Å²) in [5.74, 6) is 0.986. The Hall–Kier alpha value is -1.83. The van der Waals surface area contributed by atoms with Crippen LogP contribution in [0.5, 0.6) is 11.6 Å². The minimum Gasteiger partial charge on any atom is -0.438 e. The van der Waals surface area contributed by atoms with Gasteiger partial charge in [0, 0.05) is 0 Å². The van der Waals surface area contributed by atoms with Crippen LogP contribution in [-0.4, -0.2) is 9.97 Å². The molecule has 96 valence electrons. The fraction of sp³-hybridized carbons (Fsp3) is 0.154. The highest BCUT2D eigenvalue weighted by Gasteiger charge is 2.12. The van der Waals surface area contributed by atoms with Crippen LogP contribution in [0.4, 0.5) is 0 Å². The van der Waals surface area contributed by atoms with Crippen molar-refractivity contribution >= 4 is 23.2 Å². The number of ether oxygens (including phenoxy) is 1. The lowest BCUT2D eigenvalue weighted by atomic mass is 10.1. The van der Waals surface area contributed by atoms with Gasteiger partial charge in [0.05, 0.1) is 23.1 Å². The first-order valence-electron chi connectivity index (χ1n) is 5.39. The summed E-state index contributed by atoms with van der Waals surface area (Å²) in [6.45, 7) is 1.87. The monoisotopic (exact) mass is 293 g/mol. The summed E-state index contributed by atoms with van der Waals surface area (Å²) in [7, 11) is 0. The first-order chi connectivity index (χ1) is 9.15. The topological polar surface area (TPSA) is 58.8 Å².